The molecule has 144 valence electrons. The number of hydrogen-bond donors (Lipinski definition) is 1. The molecule has 0 aliphatic carbocycles. The summed E-state index contributed by atoms with van der Waals surface area (Å²) >= 11 is 0. The summed E-state index contributed by atoms with van der Waals surface area (Å²) in [4.78, 5) is 23.6. The van der Waals surface area contributed by atoms with Gasteiger partial charge in [0, 0.05) is 23.9 Å². The normalized spacial score (nSPS) is 16.2. The van der Waals surface area contributed by atoms with E-state index in [-0.39, 0.29) is 18.2 Å². The minimum absolute atomic E-state index is 0.00698. The maximum atomic E-state index is 13.2. The van der Waals surface area contributed by atoms with Crippen LogP contribution in [0.15, 0.2) is 29.2 Å². The highest BCUT2D eigenvalue weighted by atomic mass is 19.1. The van der Waals surface area contributed by atoms with E-state index in [0.717, 1.165) is 17.5 Å². The Morgan fingerprint density at radius 2 is 2.11 bits per heavy atom. The minimum Gasteiger partial charge on any atom is -0.493 e. The number of benzene rings is 1. The Balaban J connectivity index is 2.17. The lowest BCUT2D eigenvalue weighted by Gasteiger charge is -2.31. The first-order chi connectivity index (χ1) is 12.8. The molecular formula is C20H22FNO5. The molecule has 0 radical (unpaired) electrons. The van der Waals surface area contributed by atoms with Crippen molar-refractivity contribution >= 4 is 5.97 Å². The minimum atomic E-state index is -1.24. The lowest BCUT2D eigenvalue weighted by atomic mass is 9.90. The van der Waals surface area contributed by atoms with E-state index in [1.807, 2.05) is 17.6 Å². The summed E-state index contributed by atoms with van der Waals surface area (Å²) in [7, 11) is 1.49. The molecule has 0 bridgehead atoms. The van der Waals surface area contributed by atoms with Crippen molar-refractivity contribution in [1.82, 2.24) is 4.57 Å². The lowest BCUT2D eigenvalue weighted by Crippen LogP contribution is -2.25. The molecule has 0 saturated heterocycles. The fraction of sp³-hybridized carbons (Fsp3) is 0.400. The van der Waals surface area contributed by atoms with Crippen LogP contribution in [-0.4, -0.2) is 35.5 Å². The molecule has 0 saturated carbocycles. The van der Waals surface area contributed by atoms with Gasteiger partial charge in [-0.1, -0.05) is 6.92 Å². The van der Waals surface area contributed by atoms with Gasteiger partial charge in [-0.15, -0.1) is 0 Å². The monoisotopic (exact) mass is 375 g/mol. The number of ether oxygens (including phenoxy) is 2. The van der Waals surface area contributed by atoms with E-state index < -0.39 is 17.6 Å². The molecule has 1 aliphatic heterocycles. The number of aromatic carboxylic acids is 1. The second-order valence-corrected chi connectivity index (χ2v) is 6.67. The molecule has 0 fully saturated rings. The Kier molecular flexibility index (Phi) is 5.21. The number of rotatable bonds is 6. The second-order valence-electron chi connectivity index (χ2n) is 6.67. The van der Waals surface area contributed by atoms with E-state index in [0.29, 0.717) is 23.6 Å². The summed E-state index contributed by atoms with van der Waals surface area (Å²) in [5, 5.41) is 9.26. The van der Waals surface area contributed by atoms with Gasteiger partial charge in [0.15, 0.2) is 16.9 Å². The van der Waals surface area contributed by atoms with Crippen molar-refractivity contribution in [2.45, 2.75) is 38.9 Å². The van der Waals surface area contributed by atoms with Gasteiger partial charge >= 0.3 is 5.97 Å². The lowest BCUT2D eigenvalue weighted by molar-refractivity contribution is 0.0694. The molecule has 7 heteroatoms. The van der Waals surface area contributed by atoms with Gasteiger partial charge in [-0.05, 0) is 37.5 Å². The molecule has 1 aromatic heterocycles. The highest BCUT2D eigenvalue weighted by Gasteiger charge is 2.27. The number of hydrogen-bond acceptors (Lipinski definition) is 4. The molecule has 2 atom stereocenters. The molecule has 2 heterocycles. The highest BCUT2D eigenvalue weighted by Crippen LogP contribution is 2.41. The van der Waals surface area contributed by atoms with Crippen LogP contribution >= 0.6 is 0 Å². The number of halogens is 1. The Morgan fingerprint density at radius 1 is 1.37 bits per heavy atom. The zero-order valence-electron chi connectivity index (χ0n) is 15.5. The Hall–Kier alpha value is -2.83. The molecule has 1 aliphatic rings. The smallest absolute Gasteiger partial charge is 0.341 e. The number of carboxylic acid groups (broad SMARTS) is 1. The summed E-state index contributed by atoms with van der Waals surface area (Å²) in [6, 6.07) is 4.93. The fourth-order valence-corrected chi connectivity index (χ4v) is 3.41. The Bertz CT molecular complexity index is 935. The first kappa shape index (κ1) is 18.9. The number of methoxy groups -OCH3 is 1. The van der Waals surface area contributed by atoms with Gasteiger partial charge in [0.25, 0.3) is 0 Å². The molecule has 1 aromatic carbocycles. The van der Waals surface area contributed by atoms with E-state index in [2.05, 4.69) is 0 Å². The summed E-state index contributed by atoms with van der Waals surface area (Å²) in [6.45, 7) is 3.34. The third-order valence-corrected chi connectivity index (χ3v) is 4.76. The molecule has 0 amide bonds. The summed E-state index contributed by atoms with van der Waals surface area (Å²) in [6.07, 6.45) is 1.71. The van der Waals surface area contributed by atoms with Gasteiger partial charge in [-0.3, -0.25) is 4.79 Å². The van der Waals surface area contributed by atoms with Gasteiger partial charge in [-0.2, -0.15) is 0 Å². The molecule has 3 rings (SSSR count). The summed E-state index contributed by atoms with van der Waals surface area (Å²) in [5.74, 6) is -0.350. The second kappa shape index (κ2) is 7.42. The maximum absolute atomic E-state index is 13.2. The molecule has 2 aromatic rings. The maximum Gasteiger partial charge on any atom is 0.341 e. The SMILES string of the molecule is CC[C@@H]1Cc2cc(OCC(C)F)c(OC)cc2-c2cc(=O)c(C(=O)O)cn21. The molecule has 1 unspecified atom stereocenters. The number of aromatic nitrogens is 1. The van der Waals surface area contributed by atoms with Crippen LogP contribution < -0.4 is 14.9 Å². The number of alkyl halides is 1. The number of carboxylic acids is 1. The van der Waals surface area contributed by atoms with E-state index in [1.54, 1.807) is 6.07 Å². The Morgan fingerprint density at radius 3 is 2.70 bits per heavy atom. The van der Waals surface area contributed by atoms with Crippen LogP contribution in [0, 0.1) is 0 Å². The van der Waals surface area contributed by atoms with Crippen molar-refractivity contribution in [2.75, 3.05) is 13.7 Å². The Labute approximate surface area is 156 Å². The van der Waals surface area contributed by atoms with Gasteiger partial charge < -0.3 is 19.1 Å². The van der Waals surface area contributed by atoms with Crippen LogP contribution in [0.25, 0.3) is 11.3 Å². The topological polar surface area (TPSA) is 77.8 Å². The van der Waals surface area contributed by atoms with Crippen molar-refractivity contribution in [3.8, 4) is 22.8 Å². The zero-order valence-corrected chi connectivity index (χ0v) is 15.5. The number of nitrogens with zero attached hydrogens (tertiary/aromatic N) is 1. The fourth-order valence-electron chi connectivity index (χ4n) is 3.41. The standard InChI is InChI=1S/C20H22FNO5/c1-4-13-5-12-6-19(27-10-11(2)21)18(26-3)7-14(12)16-8-17(23)15(20(24)25)9-22(13)16/h6-9,11,13H,4-5,10H2,1-3H3,(H,24,25)/t11?,13-/m1/s1. The van der Waals surface area contributed by atoms with Gasteiger partial charge in [0.1, 0.15) is 18.3 Å². The van der Waals surface area contributed by atoms with Crippen LogP contribution in [0.1, 0.15) is 42.2 Å². The van der Waals surface area contributed by atoms with Crippen molar-refractivity contribution < 1.29 is 23.8 Å². The summed E-state index contributed by atoms with van der Waals surface area (Å²) in [5.41, 5.74) is 1.59. The molecule has 0 spiro atoms. The largest absolute Gasteiger partial charge is 0.493 e. The number of carbonyl (C=O) groups is 1. The predicted molar refractivity (Wildman–Crippen MR) is 98.7 cm³/mol. The molecule has 6 nitrogen and oxygen atoms in total. The first-order valence-corrected chi connectivity index (χ1v) is 8.83. The van der Waals surface area contributed by atoms with E-state index in [1.165, 1.54) is 26.3 Å². The van der Waals surface area contributed by atoms with Crippen LogP contribution in [0.3, 0.4) is 0 Å². The average molecular weight is 375 g/mol. The van der Waals surface area contributed by atoms with Crippen LogP contribution in [0.5, 0.6) is 11.5 Å². The van der Waals surface area contributed by atoms with Crippen molar-refractivity contribution in [3.05, 3.63) is 45.7 Å². The van der Waals surface area contributed by atoms with Gasteiger partial charge in [0.2, 0.25) is 0 Å². The van der Waals surface area contributed by atoms with Gasteiger partial charge in [-0.25, -0.2) is 9.18 Å². The van der Waals surface area contributed by atoms with Crippen molar-refractivity contribution in [3.63, 3.8) is 0 Å². The zero-order chi connectivity index (χ0) is 19.7. The van der Waals surface area contributed by atoms with Crippen LogP contribution in [-0.2, 0) is 6.42 Å². The molecule has 27 heavy (non-hydrogen) atoms. The third-order valence-electron chi connectivity index (χ3n) is 4.76. The van der Waals surface area contributed by atoms with Crippen molar-refractivity contribution in [1.29, 1.82) is 0 Å². The van der Waals surface area contributed by atoms with E-state index in [9.17, 15) is 19.1 Å². The molecular weight excluding hydrogens is 353 g/mol. The van der Waals surface area contributed by atoms with Crippen LogP contribution in [0.4, 0.5) is 4.39 Å². The summed E-state index contributed by atoms with van der Waals surface area (Å²) < 4.78 is 25.9. The number of pyridine rings is 1. The van der Waals surface area contributed by atoms with Gasteiger partial charge in [0.05, 0.1) is 12.8 Å². The number of fused-ring (bicyclic) bond motifs is 3. The quantitative estimate of drug-likeness (QED) is 0.837. The van der Waals surface area contributed by atoms with E-state index in [4.69, 9.17) is 9.47 Å². The van der Waals surface area contributed by atoms with Crippen molar-refractivity contribution in [2.24, 2.45) is 0 Å². The van der Waals surface area contributed by atoms with E-state index >= 15 is 0 Å². The molecule has 1 N–H and O–H groups in total. The van der Waals surface area contributed by atoms with Crippen LogP contribution in [0.2, 0.25) is 0 Å². The third kappa shape index (κ3) is 3.54. The first-order valence-electron chi connectivity index (χ1n) is 8.83. The predicted octanol–water partition coefficient (Wildman–Crippen LogP) is 3.47. The average Bonchev–Trinajstić information content (AvgIpc) is 2.64. The highest BCUT2D eigenvalue weighted by molar-refractivity contribution is 5.87.